The zero-order chi connectivity index (χ0) is 23.3. The second kappa shape index (κ2) is 10.1. The van der Waals surface area contributed by atoms with Crippen molar-refractivity contribution in [3.63, 3.8) is 0 Å². The zero-order valence-electron chi connectivity index (χ0n) is 16.5. The fraction of sp³-hybridized carbons (Fsp3) is 0.0455. The summed E-state index contributed by atoms with van der Waals surface area (Å²) in [6.45, 7) is 0. The Labute approximate surface area is 192 Å². The number of ether oxygens (including phenoxy) is 1. The number of anilines is 1. The summed E-state index contributed by atoms with van der Waals surface area (Å²) < 4.78 is 18.0. The van der Waals surface area contributed by atoms with E-state index in [0.29, 0.717) is 5.69 Å². The van der Waals surface area contributed by atoms with Crippen molar-refractivity contribution < 1.29 is 23.8 Å². The summed E-state index contributed by atoms with van der Waals surface area (Å²) in [6, 6.07) is 12.5. The van der Waals surface area contributed by atoms with Gasteiger partial charge in [0.1, 0.15) is 5.82 Å². The average Bonchev–Trinajstić information content (AvgIpc) is 2.79. The Morgan fingerprint density at radius 1 is 1.06 bits per heavy atom. The molecule has 3 aromatic carbocycles. The Morgan fingerprint density at radius 2 is 1.78 bits per heavy atom. The number of amides is 2. The molecular weight excluding hydrogens is 460 g/mol. The lowest BCUT2D eigenvalue weighted by molar-refractivity contribution is 0.0953. The van der Waals surface area contributed by atoms with E-state index in [4.69, 9.17) is 27.9 Å². The highest BCUT2D eigenvalue weighted by atomic mass is 35.5. The van der Waals surface area contributed by atoms with Gasteiger partial charge in [-0.1, -0.05) is 29.3 Å². The lowest BCUT2D eigenvalue weighted by Gasteiger charge is -2.09. The second-order valence-electron chi connectivity index (χ2n) is 6.38. The number of nitrogens with zero attached hydrogens (tertiary/aromatic N) is 1. The molecular formula is C22H16Cl2FN3O4. The largest absolute Gasteiger partial charge is 0.504 e. The van der Waals surface area contributed by atoms with Gasteiger partial charge in [0.25, 0.3) is 11.8 Å². The van der Waals surface area contributed by atoms with E-state index < -0.39 is 17.6 Å². The van der Waals surface area contributed by atoms with E-state index in [1.165, 1.54) is 49.6 Å². The van der Waals surface area contributed by atoms with Gasteiger partial charge in [-0.2, -0.15) is 5.10 Å². The topological polar surface area (TPSA) is 100 Å². The SMILES string of the molecule is COc1cc(Cl)c(Cl)c(C=NNC(=O)c2cccc(NC(=O)c3ccc(F)cc3)c2)c1O. The van der Waals surface area contributed by atoms with Crippen LogP contribution in [0.1, 0.15) is 26.3 Å². The summed E-state index contributed by atoms with van der Waals surface area (Å²) in [5.41, 5.74) is 3.19. The van der Waals surface area contributed by atoms with Crippen LogP contribution in [0.2, 0.25) is 10.0 Å². The minimum absolute atomic E-state index is 0.0356. The molecule has 0 saturated heterocycles. The highest BCUT2D eigenvalue weighted by molar-refractivity contribution is 6.43. The first-order valence-corrected chi connectivity index (χ1v) is 9.81. The molecule has 0 spiro atoms. The summed E-state index contributed by atoms with van der Waals surface area (Å²) in [7, 11) is 1.35. The molecule has 164 valence electrons. The van der Waals surface area contributed by atoms with E-state index >= 15 is 0 Å². The number of nitrogens with one attached hydrogen (secondary N) is 2. The number of carbonyl (C=O) groups is 2. The van der Waals surface area contributed by atoms with Crippen molar-refractivity contribution in [1.29, 1.82) is 0 Å². The maximum absolute atomic E-state index is 13.0. The first kappa shape index (κ1) is 23.1. The van der Waals surface area contributed by atoms with Crippen LogP contribution in [-0.2, 0) is 0 Å². The van der Waals surface area contributed by atoms with Crippen LogP contribution < -0.4 is 15.5 Å². The molecule has 7 nitrogen and oxygen atoms in total. The highest BCUT2D eigenvalue weighted by Crippen LogP contribution is 2.39. The molecule has 0 radical (unpaired) electrons. The van der Waals surface area contributed by atoms with Gasteiger partial charge in [0, 0.05) is 22.9 Å². The van der Waals surface area contributed by atoms with Gasteiger partial charge in [0.15, 0.2) is 11.5 Å². The predicted molar refractivity (Wildman–Crippen MR) is 121 cm³/mol. The van der Waals surface area contributed by atoms with Gasteiger partial charge in [0.05, 0.1) is 28.9 Å². The van der Waals surface area contributed by atoms with Crippen LogP contribution in [-0.4, -0.2) is 30.2 Å². The van der Waals surface area contributed by atoms with Crippen LogP contribution in [0.3, 0.4) is 0 Å². The number of phenols is 1. The third kappa shape index (κ3) is 5.35. The smallest absolute Gasteiger partial charge is 0.271 e. The van der Waals surface area contributed by atoms with Crippen LogP contribution in [0, 0.1) is 5.82 Å². The number of methoxy groups -OCH3 is 1. The molecule has 0 aliphatic rings. The zero-order valence-corrected chi connectivity index (χ0v) is 18.0. The summed E-state index contributed by atoms with van der Waals surface area (Å²) in [6.07, 6.45) is 1.13. The molecule has 3 N–H and O–H groups in total. The molecule has 10 heteroatoms. The third-order valence-corrected chi connectivity index (χ3v) is 5.06. The van der Waals surface area contributed by atoms with Crippen molar-refractivity contribution in [2.45, 2.75) is 0 Å². The number of hydrogen-bond acceptors (Lipinski definition) is 5. The number of carbonyl (C=O) groups excluding carboxylic acids is 2. The highest BCUT2D eigenvalue weighted by Gasteiger charge is 2.15. The van der Waals surface area contributed by atoms with E-state index in [0.717, 1.165) is 6.21 Å². The number of aromatic hydroxyl groups is 1. The van der Waals surface area contributed by atoms with Crippen LogP contribution in [0.5, 0.6) is 11.5 Å². The van der Waals surface area contributed by atoms with Crippen molar-refractivity contribution in [3.05, 3.63) is 87.2 Å². The molecule has 0 fully saturated rings. The fourth-order valence-electron chi connectivity index (χ4n) is 2.65. The first-order valence-electron chi connectivity index (χ1n) is 9.05. The molecule has 0 atom stereocenters. The Morgan fingerprint density at radius 3 is 2.47 bits per heavy atom. The molecule has 0 aromatic heterocycles. The predicted octanol–water partition coefficient (Wildman–Crippen LogP) is 4.86. The van der Waals surface area contributed by atoms with Crippen molar-refractivity contribution in [2.24, 2.45) is 5.10 Å². The van der Waals surface area contributed by atoms with Gasteiger partial charge in [-0.05, 0) is 42.5 Å². The maximum Gasteiger partial charge on any atom is 0.271 e. The van der Waals surface area contributed by atoms with E-state index in [1.807, 2.05) is 0 Å². The standard InChI is InChI=1S/C22H16Cl2FN3O4/c1-32-18-10-17(23)19(24)16(20(18)29)11-26-28-22(31)13-3-2-4-15(9-13)27-21(30)12-5-7-14(25)8-6-12/h2-11,29H,1H3,(H,27,30)(H,28,31). The third-order valence-electron chi connectivity index (χ3n) is 4.26. The van der Waals surface area contributed by atoms with E-state index in [1.54, 1.807) is 12.1 Å². The fourth-order valence-corrected chi connectivity index (χ4v) is 3.04. The summed E-state index contributed by atoms with van der Waals surface area (Å²) >= 11 is 12.1. The van der Waals surface area contributed by atoms with Gasteiger partial charge in [-0.15, -0.1) is 0 Å². The lowest BCUT2D eigenvalue weighted by Crippen LogP contribution is -2.18. The maximum atomic E-state index is 13.0. The Balaban J connectivity index is 1.71. The van der Waals surface area contributed by atoms with Gasteiger partial charge in [0.2, 0.25) is 0 Å². The van der Waals surface area contributed by atoms with E-state index in [2.05, 4.69) is 15.8 Å². The number of hydrazone groups is 1. The number of halogens is 3. The first-order chi connectivity index (χ1) is 15.3. The molecule has 0 aliphatic carbocycles. The van der Waals surface area contributed by atoms with E-state index in [-0.39, 0.29) is 38.2 Å². The number of rotatable bonds is 6. The van der Waals surface area contributed by atoms with Crippen molar-refractivity contribution in [3.8, 4) is 11.5 Å². The lowest BCUT2D eigenvalue weighted by atomic mass is 10.1. The molecule has 0 saturated carbocycles. The van der Waals surface area contributed by atoms with Crippen molar-refractivity contribution in [1.82, 2.24) is 5.43 Å². The van der Waals surface area contributed by atoms with Gasteiger partial charge >= 0.3 is 0 Å². The summed E-state index contributed by atoms with van der Waals surface area (Å²) in [4.78, 5) is 24.7. The van der Waals surface area contributed by atoms with Crippen LogP contribution in [0.4, 0.5) is 10.1 Å². The Hall–Kier alpha value is -3.62. The minimum Gasteiger partial charge on any atom is -0.504 e. The second-order valence-corrected chi connectivity index (χ2v) is 7.16. The van der Waals surface area contributed by atoms with Gasteiger partial charge in [-0.3, -0.25) is 9.59 Å². The molecule has 32 heavy (non-hydrogen) atoms. The molecule has 0 heterocycles. The van der Waals surface area contributed by atoms with Crippen molar-refractivity contribution >= 4 is 46.9 Å². The van der Waals surface area contributed by atoms with Crippen LogP contribution in [0.25, 0.3) is 0 Å². The number of phenolic OH excluding ortho intramolecular Hbond substituents is 1. The summed E-state index contributed by atoms with van der Waals surface area (Å²) in [5, 5.41) is 16.8. The molecule has 0 unspecified atom stereocenters. The number of hydrogen-bond donors (Lipinski definition) is 3. The Kier molecular flexibility index (Phi) is 7.29. The Bertz CT molecular complexity index is 1200. The monoisotopic (exact) mass is 475 g/mol. The molecule has 3 rings (SSSR count). The van der Waals surface area contributed by atoms with Crippen LogP contribution >= 0.6 is 23.2 Å². The molecule has 2 amide bonds. The molecule has 0 bridgehead atoms. The minimum atomic E-state index is -0.580. The van der Waals surface area contributed by atoms with Gasteiger partial charge < -0.3 is 15.2 Å². The molecule has 0 aliphatic heterocycles. The van der Waals surface area contributed by atoms with Gasteiger partial charge in [-0.25, -0.2) is 9.82 Å². The van der Waals surface area contributed by atoms with E-state index in [9.17, 15) is 19.1 Å². The average molecular weight is 476 g/mol. The van der Waals surface area contributed by atoms with Crippen LogP contribution in [0.15, 0.2) is 59.7 Å². The summed E-state index contributed by atoms with van der Waals surface area (Å²) in [5.74, 6) is -1.68. The quantitative estimate of drug-likeness (QED) is 0.350. The number of benzene rings is 3. The molecule has 3 aromatic rings. The normalized spacial score (nSPS) is 10.8. The van der Waals surface area contributed by atoms with Crippen molar-refractivity contribution in [2.75, 3.05) is 12.4 Å².